The fourth-order valence-electron chi connectivity index (χ4n) is 2.75. The number of pyridine rings is 1. The summed E-state index contributed by atoms with van der Waals surface area (Å²) in [6.45, 7) is 1.83. The van der Waals surface area contributed by atoms with Crippen LogP contribution in [-0.2, 0) is 12.1 Å². The fraction of sp³-hybridized carbons (Fsp3) is 0.188. The minimum Gasteiger partial charge on any atom is -0.383 e. The zero-order valence-corrected chi connectivity index (χ0v) is 17.3. The monoisotopic (exact) mass is 466 g/mol. The number of alkyl halides is 2. The van der Waals surface area contributed by atoms with E-state index in [1.807, 2.05) is 13.0 Å². The molecule has 4 aromatic rings. The molecule has 28 heavy (non-hydrogen) atoms. The second kappa shape index (κ2) is 6.82. The summed E-state index contributed by atoms with van der Waals surface area (Å²) in [5.41, 5.74) is 5.08. The van der Waals surface area contributed by atoms with Gasteiger partial charge < -0.3 is 5.73 Å². The van der Waals surface area contributed by atoms with Crippen molar-refractivity contribution in [3.63, 3.8) is 0 Å². The maximum atomic E-state index is 13.5. The Hall–Kier alpha value is -2.52. The smallest absolute Gasteiger partial charge is 0.286 e. The summed E-state index contributed by atoms with van der Waals surface area (Å²) in [5, 5.41) is 8.07. The minimum absolute atomic E-state index is 0.225. The first-order valence-corrected chi connectivity index (χ1v) is 9.43. The van der Waals surface area contributed by atoms with Gasteiger partial charge in [0, 0.05) is 29.6 Å². The molecule has 1 unspecified atom stereocenters. The molecule has 4 heterocycles. The van der Waals surface area contributed by atoms with Gasteiger partial charge in [-0.1, -0.05) is 9.24 Å². The molecule has 0 aliphatic carbocycles. The van der Waals surface area contributed by atoms with Crippen molar-refractivity contribution < 1.29 is 8.78 Å². The third kappa shape index (κ3) is 3.35. The van der Waals surface area contributed by atoms with Crippen LogP contribution in [0.4, 0.5) is 14.6 Å². The first-order chi connectivity index (χ1) is 13.2. The van der Waals surface area contributed by atoms with E-state index >= 15 is 0 Å². The number of hydrogen-bond acceptors (Lipinski definition) is 6. The first kappa shape index (κ1) is 18.8. The van der Waals surface area contributed by atoms with E-state index in [-0.39, 0.29) is 5.56 Å². The van der Waals surface area contributed by atoms with Gasteiger partial charge in [-0.25, -0.2) is 14.6 Å². The molecule has 0 aromatic carbocycles. The number of aryl methyl sites for hydroxylation is 1. The third-order valence-electron chi connectivity index (χ3n) is 4.20. The first-order valence-electron chi connectivity index (χ1n) is 8.06. The number of anilines is 1. The Balaban J connectivity index is 1.73. The third-order valence-corrected chi connectivity index (χ3v) is 5.15. The van der Waals surface area contributed by atoms with Crippen LogP contribution in [-0.4, -0.2) is 34.3 Å². The SMILES string of the molecule is Cc1nc2ncnn2c(N)c1Cc1ccc(Br)c(-n2cc(C(F)(F)P)cn2)n1. The molecule has 0 fully saturated rings. The van der Waals surface area contributed by atoms with Crippen LogP contribution in [0.15, 0.2) is 35.3 Å². The Morgan fingerprint density at radius 3 is 2.75 bits per heavy atom. The molecule has 0 saturated carbocycles. The van der Waals surface area contributed by atoms with E-state index in [0.29, 0.717) is 39.7 Å². The normalized spacial score (nSPS) is 12.0. The molecule has 0 saturated heterocycles. The largest absolute Gasteiger partial charge is 0.383 e. The highest BCUT2D eigenvalue weighted by atomic mass is 79.9. The summed E-state index contributed by atoms with van der Waals surface area (Å²) < 4.78 is 30.3. The Morgan fingerprint density at radius 2 is 2.04 bits per heavy atom. The quantitative estimate of drug-likeness (QED) is 0.464. The van der Waals surface area contributed by atoms with Gasteiger partial charge in [0.25, 0.3) is 11.4 Å². The van der Waals surface area contributed by atoms with Crippen molar-refractivity contribution in [2.45, 2.75) is 19.0 Å². The number of fused-ring (bicyclic) bond motifs is 1. The molecule has 4 aromatic heterocycles. The van der Waals surface area contributed by atoms with Crippen LogP contribution in [0.5, 0.6) is 0 Å². The van der Waals surface area contributed by atoms with Crippen LogP contribution in [0.25, 0.3) is 11.6 Å². The average Bonchev–Trinajstić information content (AvgIpc) is 3.29. The van der Waals surface area contributed by atoms with Crippen LogP contribution in [0, 0.1) is 6.92 Å². The van der Waals surface area contributed by atoms with Gasteiger partial charge in [0.15, 0.2) is 5.82 Å². The molecule has 0 spiro atoms. The fourth-order valence-corrected chi connectivity index (χ4v) is 3.30. The highest BCUT2D eigenvalue weighted by Gasteiger charge is 2.27. The van der Waals surface area contributed by atoms with Crippen molar-refractivity contribution in [1.29, 1.82) is 0 Å². The summed E-state index contributed by atoms with van der Waals surface area (Å²) in [6, 6.07) is 3.59. The molecule has 1 atom stereocenters. The van der Waals surface area contributed by atoms with E-state index in [9.17, 15) is 8.78 Å². The lowest BCUT2D eigenvalue weighted by molar-refractivity contribution is 0.104. The summed E-state index contributed by atoms with van der Waals surface area (Å²) in [7, 11) is 1.49. The van der Waals surface area contributed by atoms with Crippen LogP contribution in [0.2, 0.25) is 0 Å². The second-order valence-electron chi connectivity index (χ2n) is 6.11. The van der Waals surface area contributed by atoms with Gasteiger partial charge in [0.2, 0.25) is 0 Å². The van der Waals surface area contributed by atoms with Gasteiger partial charge in [-0.2, -0.15) is 28.5 Å². The molecule has 12 heteroatoms. The van der Waals surface area contributed by atoms with Crippen molar-refractivity contribution in [2.24, 2.45) is 0 Å². The van der Waals surface area contributed by atoms with E-state index in [1.54, 1.807) is 6.07 Å². The molecule has 8 nitrogen and oxygen atoms in total. The van der Waals surface area contributed by atoms with Gasteiger partial charge in [-0.15, -0.1) is 0 Å². The Labute approximate surface area is 168 Å². The lowest BCUT2D eigenvalue weighted by Gasteiger charge is -2.11. The maximum absolute atomic E-state index is 13.5. The van der Waals surface area contributed by atoms with Crippen LogP contribution < -0.4 is 5.73 Å². The number of halogens is 3. The molecule has 4 rings (SSSR count). The summed E-state index contributed by atoms with van der Waals surface area (Å²) >= 11 is 3.39. The van der Waals surface area contributed by atoms with E-state index in [2.05, 4.69) is 41.1 Å². The van der Waals surface area contributed by atoms with Gasteiger partial charge in [-0.3, -0.25) is 0 Å². The van der Waals surface area contributed by atoms with Crippen LogP contribution in [0.3, 0.4) is 0 Å². The van der Waals surface area contributed by atoms with Crippen molar-refractivity contribution in [1.82, 2.24) is 34.3 Å². The van der Waals surface area contributed by atoms with Crippen molar-refractivity contribution in [2.75, 3.05) is 5.73 Å². The van der Waals surface area contributed by atoms with E-state index in [4.69, 9.17) is 5.73 Å². The van der Waals surface area contributed by atoms with Crippen LogP contribution in [0.1, 0.15) is 22.5 Å². The van der Waals surface area contributed by atoms with E-state index in [0.717, 1.165) is 11.8 Å². The molecule has 0 bridgehead atoms. The van der Waals surface area contributed by atoms with E-state index < -0.39 is 5.66 Å². The highest BCUT2D eigenvalue weighted by molar-refractivity contribution is 9.10. The maximum Gasteiger partial charge on any atom is 0.286 e. The van der Waals surface area contributed by atoms with Gasteiger partial charge in [-0.05, 0) is 35.0 Å². The predicted octanol–water partition coefficient (Wildman–Crippen LogP) is 2.87. The van der Waals surface area contributed by atoms with Crippen molar-refractivity contribution >= 4 is 36.8 Å². The zero-order valence-electron chi connectivity index (χ0n) is 14.5. The molecule has 2 N–H and O–H groups in total. The number of aromatic nitrogens is 7. The lowest BCUT2D eigenvalue weighted by atomic mass is 10.1. The molecule has 0 radical (unpaired) electrons. The standard InChI is InChI=1S/C16H14BrF2N8P/c1-8-11(13(20)27-15(24-8)21-7-23-27)4-10-2-3-12(17)14(25-10)26-6-9(5-22-26)16(18,19)28/h2-3,5-7H,4,20,28H2,1H3. The topological polar surface area (TPSA) is 99.8 Å². The molecule has 0 amide bonds. The van der Waals surface area contributed by atoms with Gasteiger partial charge in [0.1, 0.15) is 12.1 Å². The molecule has 0 aliphatic heterocycles. The highest BCUT2D eigenvalue weighted by Crippen LogP contribution is 2.35. The average molecular weight is 467 g/mol. The number of hydrogen-bond donors (Lipinski definition) is 1. The number of nitrogen functional groups attached to an aromatic ring is 1. The van der Waals surface area contributed by atoms with Crippen molar-refractivity contribution in [3.05, 3.63) is 57.8 Å². The summed E-state index contributed by atoms with van der Waals surface area (Å²) in [4.78, 5) is 13.0. The van der Waals surface area contributed by atoms with Gasteiger partial charge in [0.05, 0.1) is 16.2 Å². The Kier molecular flexibility index (Phi) is 4.59. The molecular formula is C16H14BrF2N8P. The summed E-state index contributed by atoms with van der Waals surface area (Å²) in [5.74, 6) is 1.24. The van der Waals surface area contributed by atoms with Gasteiger partial charge >= 0.3 is 0 Å². The zero-order chi connectivity index (χ0) is 20.1. The lowest BCUT2D eigenvalue weighted by Crippen LogP contribution is -2.10. The minimum atomic E-state index is -3.06. The number of nitrogens with zero attached hydrogens (tertiary/aromatic N) is 7. The molecule has 0 aliphatic rings. The Morgan fingerprint density at radius 1 is 1.25 bits per heavy atom. The Bertz CT molecular complexity index is 1180. The molecular weight excluding hydrogens is 453 g/mol. The number of nitrogens with two attached hydrogens (primary N) is 1. The molecule has 144 valence electrons. The predicted molar refractivity (Wildman–Crippen MR) is 105 cm³/mol. The summed E-state index contributed by atoms with van der Waals surface area (Å²) in [6.07, 6.45) is 4.12. The van der Waals surface area contributed by atoms with Crippen molar-refractivity contribution in [3.8, 4) is 5.82 Å². The second-order valence-corrected chi connectivity index (χ2v) is 7.69. The van der Waals surface area contributed by atoms with E-state index in [1.165, 1.54) is 31.0 Å². The number of rotatable bonds is 4. The van der Waals surface area contributed by atoms with Crippen LogP contribution >= 0.6 is 25.2 Å².